The van der Waals surface area contributed by atoms with E-state index in [1.165, 1.54) is 0 Å². The van der Waals surface area contributed by atoms with Crippen molar-refractivity contribution in [1.29, 1.82) is 0 Å². The van der Waals surface area contributed by atoms with E-state index in [2.05, 4.69) is 21.8 Å². The fourth-order valence-electron chi connectivity index (χ4n) is 2.83. The molecule has 0 aliphatic carbocycles. The zero-order chi connectivity index (χ0) is 15.2. The molecule has 1 aliphatic heterocycles. The summed E-state index contributed by atoms with van der Waals surface area (Å²) in [6, 6.07) is 0. The van der Waals surface area contributed by atoms with Gasteiger partial charge in [-0.1, -0.05) is 0 Å². The van der Waals surface area contributed by atoms with Crippen molar-refractivity contribution in [3.05, 3.63) is 23.0 Å². The topological polar surface area (TPSA) is 48.6 Å². The minimum atomic E-state index is -0.203. The van der Waals surface area contributed by atoms with Crippen molar-refractivity contribution < 1.29 is 9.53 Å². The predicted molar refractivity (Wildman–Crippen MR) is 83.7 cm³/mol. The van der Waals surface area contributed by atoms with Crippen molar-refractivity contribution in [2.75, 3.05) is 46.4 Å². The highest BCUT2D eigenvalue weighted by molar-refractivity contribution is 5.92. The third-order valence-corrected chi connectivity index (χ3v) is 4.15. The van der Waals surface area contributed by atoms with E-state index in [1.807, 2.05) is 20.0 Å². The first-order chi connectivity index (χ1) is 10.1. The van der Waals surface area contributed by atoms with Crippen LogP contribution in [0.2, 0.25) is 0 Å². The summed E-state index contributed by atoms with van der Waals surface area (Å²) in [5.41, 5.74) is 2.72. The zero-order valence-electron chi connectivity index (χ0n) is 13.4. The molecular formula is C16H27N3O2. The summed E-state index contributed by atoms with van der Waals surface area (Å²) in [4.78, 5) is 20.0. The van der Waals surface area contributed by atoms with E-state index < -0.39 is 0 Å². The molecular weight excluding hydrogens is 266 g/mol. The van der Waals surface area contributed by atoms with Crippen LogP contribution in [-0.2, 0) is 11.2 Å². The van der Waals surface area contributed by atoms with E-state index in [0.29, 0.717) is 6.61 Å². The van der Waals surface area contributed by atoms with Gasteiger partial charge >= 0.3 is 5.97 Å². The lowest BCUT2D eigenvalue weighted by atomic mass is 10.1. The monoisotopic (exact) mass is 293 g/mol. The normalized spacial score (nSPS) is 17.1. The molecule has 0 aromatic carbocycles. The number of nitrogens with one attached hydrogen (secondary N) is 1. The maximum Gasteiger partial charge on any atom is 0.340 e. The molecule has 5 nitrogen and oxygen atoms in total. The third kappa shape index (κ3) is 4.32. The largest absolute Gasteiger partial charge is 0.462 e. The Kier molecular flexibility index (Phi) is 5.82. The van der Waals surface area contributed by atoms with E-state index in [0.717, 1.165) is 62.4 Å². The van der Waals surface area contributed by atoms with Crippen LogP contribution in [0.15, 0.2) is 6.20 Å². The fraction of sp³-hybridized carbons (Fsp3) is 0.688. The molecule has 0 unspecified atom stereocenters. The van der Waals surface area contributed by atoms with Gasteiger partial charge in [-0.15, -0.1) is 0 Å². The first kappa shape index (κ1) is 16.0. The molecule has 21 heavy (non-hydrogen) atoms. The molecule has 5 heteroatoms. The lowest BCUT2D eigenvalue weighted by Gasteiger charge is -2.32. The number of hydrogen-bond acceptors (Lipinski definition) is 4. The summed E-state index contributed by atoms with van der Waals surface area (Å²) >= 11 is 0. The van der Waals surface area contributed by atoms with Crippen molar-refractivity contribution in [3.63, 3.8) is 0 Å². The van der Waals surface area contributed by atoms with Gasteiger partial charge in [0.1, 0.15) is 0 Å². The van der Waals surface area contributed by atoms with Gasteiger partial charge in [-0.2, -0.15) is 0 Å². The number of likely N-dealkylation sites (N-methyl/N-ethyl adjacent to an activating group) is 1. The number of carbonyl (C=O) groups excluding carboxylic acids is 1. The predicted octanol–water partition coefficient (Wildman–Crippen LogP) is 1.68. The molecule has 0 bridgehead atoms. The maximum absolute atomic E-state index is 12.0. The van der Waals surface area contributed by atoms with Gasteiger partial charge in [0.05, 0.1) is 12.2 Å². The molecule has 0 amide bonds. The molecule has 1 aliphatic rings. The van der Waals surface area contributed by atoms with Gasteiger partial charge in [-0.3, -0.25) is 0 Å². The number of rotatable bonds is 6. The average molecular weight is 293 g/mol. The summed E-state index contributed by atoms with van der Waals surface area (Å²) in [6.07, 6.45) is 3.95. The van der Waals surface area contributed by atoms with Crippen LogP contribution in [0, 0.1) is 6.92 Å². The molecule has 1 saturated heterocycles. The lowest BCUT2D eigenvalue weighted by molar-refractivity contribution is 0.0524. The molecule has 0 atom stereocenters. The van der Waals surface area contributed by atoms with Crippen LogP contribution in [-0.4, -0.2) is 67.1 Å². The minimum Gasteiger partial charge on any atom is -0.462 e. The molecule has 2 heterocycles. The van der Waals surface area contributed by atoms with Gasteiger partial charge in [-0.25, -0.2) is 4.79 Å². The molecule has 2 rings (SSSR count). The zero-order valence-corrected chi connectivity index (χ0v) is 13.4. The quantitative estimate of drug-likeness (QED) is 0.811. The van der Waals surface area contributed by atoms with E-state index in [9.17, 15) is 4.79 Å². The number of piperazine rings is 1. The molecule has 118 valence electrons. The van der Waals surface area contributed by atoms with Gasteiger partial charge in [0.15, 0.2) is 0 Å². The molecule has 1 aromatic heterocycles. The van der Waals surface area contributed by atoms with Crippen molar-refractivity contribution in [3.8, 4) is 0 Å². The van der Waals surface area contributed by atoms with Gasteiger partial charge in [0, 0.05) is 38.1 Å². The summed E-state index contributed by atoms with van der Waals surface area (Å²) < 4.78 is 5.14. The number of aromatic nitrogens is 1. The molecule has 1 aromatic rings. The second-order valence-corrected chi connectivity index (χ2v) is 5.78. The highest BCUT2D eigenvalue weighted by Gasteiger charge is 2.18. The Balaban J connectivity index is 1.84. The Hall–Kier alpha value is -1.33. The third-order valence-electron chi connectivity index (χ3n) is 4.15. The highest BCUT2D eigenvalue weighted by Crippen LogP contribution is 2.17. The number of hydrogen-bond donors (Lipinski definition) is 1. The van der Waals surface area contributed by atoms with Crippen molar-refractivity contribution in [1.82, 2.24) is 14.8 Å². The molecule has 1 fully saturated rings. The second kappa shape index (κ2) is 7.61. The lowest BCUT2D eigenvalue weighted by Crippen LogP contribution is -2.44. The van der Waals surface area contributed by atoms with E-state index >= 15 is 0 Å². The van der Waals surface area contributed by atoms with E-state index in [4.69, 9.17) is 4.74 Å². The van der Waals surface area contributed by atoms with Crippen molar-refractivity contribution in [2.45, 2.75) is 26.7 Å². The van der Waals surface area contributed by atoms with Crippen LogP contribution >= 0.6 is 0 Å². The van der Waals surface area contributed by atoms with Crippen molar-refractivity contribution >= 4 is 5.97 Å². The number of nitrogens with zero attached hydrogens (tertiary/aromatic N) is 2. The highest BCUT2D eigenvalue weighted by atomic mass is 16.5. The molecule has 0 spiro atoms. The Morgan fingerprint density at radius 3 is 2.71 bits per heavy atom. The summed E-state index contributed by atoms with van der Waals surface area (Å²) in [7, 11) is 2.17. The van der Waals surface area contributed by atoms with E-state index in [-0.39, 0.29) is 5.97 Å². The Labute approximate surface area is 127 Å². The standard InChI is InChI=1S/C16H27N3O2/c1-4-21-16(20)15-13(2)17-12-14(15)6-5-7-19-10-8-18(3)9-11-19/h12,17H,4-11H2,1-3H3. The first-order valence-electron chi connectivity index (χ1n) is 7.86. The minimum absolute atomic E-state index is 0.203. The SMILES string of the molecule is CCOC(=O)c1c(CCCN2CCN(C)CC2)c[nH]c1C. The van der Waals surface area contributed by atoms with Crippen LogP contribution in [0.1, 0.15) is 35.0 Å². The summed E-state index contributed by atoms with van der Waals surface area (Å²) in [6.45, 7) is 9.88. The van der Waals surface area contributed by atoms with Crippen LogP contribution in [0.3, 0.4) is 0 Å². The first-order valence-corrected chi connectivity index (χ1v) is 7.86. The van der Waals surface area contributed by atoms with Gasteiger partial charge in [0.25, 0.3) is 0 Å². The Morgan fingerprint density at radius 1 is 1.33 bits per heavy atom. The Morgan fingerprint density at radius 2 is 2.05 bits per heavy atom. The van der Waals surface area contributed by atoms with E-state index in [1.54, 1.807) is 0 Å². The Bertz CT molecular complexity index is 462. The van der Waals surface area contributed by atoms with Gasteiger partial charge < -0.3 is 19.5 Å². The van der Waals surface area contributed by atoms with Crippen molar-refractivity contribution in [2.24, 2.45) is 0 Å². The number of ether oxygens (including phenoxy) is 1. The number of carbonyl (C=O) groups is 1. The molecule has 1 N–H and O–H groups in total. The number of aryl methyl sites for hydroxylation is 2. The average Bonchev–Trinajstić information content (AvgIpc) is 2.82. The number of esters is 1. The summed E-state index contributed by atoms with van der Waals surface area (Å²) in [5.74, 6) is -0.203. The smallest absolute Gasteiger partial charge is 0.340 e. The maximum atomic E-state index is 12.0. The molecule has 0 radical (unpaired) electrons. The van der Waals surface area contributed by atoms with Crippen LogP contribution in [0.5, 0.6) is 0 Å². The number of aromatic amines is 1. The fourth-order valence-corrected chi connectivity index (χ4v) is 2.83. The van der Waals surface area contributed by atoms with Gasteiger partial charge in [-0.05, 0) is 45.8 Å². The molecule has 0 saturated carbocycles. The van der Waals surface area contributed by atoms with Crippen LogP contribution in [0.25, 0.3) is 0 Å². The second-order valence-electron chi connectivity index (χ2n) is 5.78. The summed E-state index contributed by atoms with van der Waals surface area (Å²) in [5, 5.41) is 0. The van der Waals surface area contributed by atoms with Crippen LogP contribution < -0.4 is 0 Å². The van der Waals surface area contributed by atoms with Gasteiger partial charge in [0.2, 0.25) is 0 Å². The number of H-pyrrole nitrogens is 1. The van der Waals surface area contributed by atoms with Crippen LogP contribution in [0.4, 0.5) is 0 Å².